The van der Waals surface area contributed by atoms with Crippen LogP contribution in [0.4, 0.5) is 26.9 Å². The van der Waals surface area contributed by atoms with Gasteiger partial charge in [-0.2, -0.15) is 29.5 Å². The Morgan fingerprint density at radius 1 is 0.588 bits per heavy atom. The first-order chi connectivity index (χ1) is 40.7. The molecule has 456 valence electrons. The van der Waals surface area contributed by atoms with Crippen molar-refractivity contribution < 1.29 is 47.6 Å². The maximum absolute atomic E-state index is 11.8. The number of halogens is 1. The lowest BCUT2D eigenvalue weighted by atomic mass is 10.2. The fourth-order valence-electron chi connectivity index (χ4n) is 7.42. The first kappa shape index (κ1) is 65.0. The van der Waals surface area contributed by atoms with Crippen LogP contribution < -0.4 is 31.2 Å². The first-order valence-electron chi connectivity index (χ1n) is 27.8. The predicted octanol–water partition coefficient (Wildman–Crippen LogP) is 8.53. The second kappa shape index (κ2) is 32.6. The number of carbonyl (C=O) groups excluding carboxylic acids is 4. The van der Waals surface area contributed by atoms with E-state index in [4.69, 9.17) is 45.8 Å². The van der Waals surface area contributed by atoms with Crippen LogP contribution in [-0.2, 0) is 41.6 Å². The number of nitrogens with zero attached hydrogens (tertiary/aromatic N) is 14. The Hall–Kier alpha value is -9.21. The summed E-state index contributed by atoms with van der Waals surface area (Å²) < 4.78 is 38.1. The Balaban J connectivity index is 0.000000228. The third kappa shape index (κ3) is 23.2. The monoisotopic (exact) mass is 1190 g/mol. The van der Waals surface area contributed by atoms with Crippen LogP contribution in [0.25, 0.3) is 33.7 Å². The molecule has 29 heteroatoms. The van der Waals surface area contributed by atoms with E-state index in [1.807, 2.05) is 97.3 Å². The van der Waals surface area contributed by atoms with Gasteiger partial charge in [-0.15, -0.1) is 10.2 Å². The molecule has 0 radical (unpaired) electrons. The SMILES string of the molecule is CC(C)(C)OC(=O)NCCCn1cc(-n2nnc3cnc(Cl)nc32)cn1.CCOC(=O)CCCCOc1ccc(N)cc1.CCOC(=O)CCCCOc1ccc(Nc2ncc3nnn(-c4cnn(CCCNC(=O)OC(C)(C)C)c4)c3n2)cc1. The Kier molecular flexibility index (Phi) is 24.9. The number of nitrogens with one attached hydrogen (secondary N) is 3. The van der Waals surface area contributed by atoms with Crippen molar-refractivity contribution in [1.29, 1.82) is 0 Å². The molecule has 0 spiro atoms. The molecule has 0 bridgehead atoms. The molecule has 6 heterocycles. The third-order valence-electron chi connectivity index (χ3n) is 11.2. The lowest BCUT2D eigenvalue weighted by Crippen LogP contribution is -2.33. The second-order valence-corrected chi connectivity index (χ2v) is 21.0. The molecule has 0 aliphatic heterocycles. The number of nitrogens with two attached hydrogens (primary N) is 1. The van der Waals surface area contributed by atoms with E-state index in [1.54, 1.807) is 56.4 Å². The highest BCUT2D eigenvalue weighted by Gasteiger charge is 2.18. The van der Waals surface area contributed by atoms with Crippen molar-refractivity contribution in [2.75, 3.05) is 50.6 Å². The summed E-state index contributed by atoms with van der Waals surface area (Å²) in [4.78, 5) is 62.8. The Labute approximate surface area is 496 Å². The number of benzene rings is 2. The predicted molar refractivity (Wildman–Crippen MR) is 316 cm³/mol. The lowest BCUT2D eigenvalue weighted by molar-refractivity contribution is -0.144. The van der Waals surface area contributed by atoms with Gasteiger partial charge < -0.3 is 50.1 Å². The molecule has 85 heavy (non-hydrogen) atoms. The number of esters is 2. The quantitative estimate of drug-likeness (QED) is 0.0130. The average molecular weight is 1200 g/mol. The van der Waals surface area contributed by atoms with E-state index in [-0.39, 0.29) is 17.2 Å². The van der Waals surface area contributed by atoms with E-state index in [2.05, 4.69) is 66.7 Å². The molecule has 5 N–H and O–H groups in total. The number of rotatable bonds is 26. The molecular weight excluding hydrogens is 1120 g/mol. The molecule has 2 aromatic carbocycles. The van der Waals surface area contributed by atoms with Crippen molar-refractivity contribution in [2.45, 2.75) is 131 Å². The lowest BCUT2D eigenvalue weighted by Gasteiger charge is -2.19. The van der Waals surface area contributed by atoms with Gasteiger partial charge in [0.05, 0.1) is 63.6 Å². The van der Waals surface area contributed by atoms with Crippen LogP contribution in [0.5, 0.6) is 11.5 Å². The van der Waals surface area contributed by atoms with Gasteiger partial charge in [-0.3, -0.25) is 19.0 Å². The van der Waals surface area contributed by atoms with Crippen LogP contribution >= 0.6 is 11.6 Å². The number of ether oxygens (including phenoxy) is 6. The minimum Gasteiger partial charge on any atom is -0.494 e. The number of hydrogen-bond acceptors (Lipinski definition) is 22. The van der Waals surface area contributed by atoms with E-state index < -0.39 is 23.4 Å². The van der Waals surface area contributed by atoms with Gasteiger partial charge in [0.15, 0.2) is 22.3 Å². The zero-order chi connectivity index (χ0) is 61.2. The highest BCUT2D eigenvalue weighted by atomic mass is 35.5. The third-order valence-corrected chi connectivity index (χ3v) is 11.4. The van der Waals surface area contributed by atoms with Crippen molar-refractivity contribution >= 4 is 75.4 Å². The van der Waals surface area contributed by atoms with Gasteiger partial charge >= 0.3 is 24.1 Å². The van der Waals surface area contributed by atoms with E-state index in [1.165, 1.54) is 6.20 Å². The molecule has 0 saturated carbocycles. The molecule has 8 aromatic rings. The number of alkyl carbamates (subject to hydrolysis) is 2. The highest BCUT2D eigenvalue weighted by Crippen LogP contribution is 2.22. The largest absolute Gasteiger partial charge is 0.494 e. The van der Waals surface area contributed by atoms with Gasteiger partial charge in [0, 0.05) is 50.4 Å². The Morgan fingerprint density at radius 2 is 1.05 bits per heavy atom. The van der Waals surface area contributed by atoms with Crippen LogP contribution in [0.1, 0.15) is 107 Å². The number of nitrogen functional groups attached to an aromatic ring is 1. The Morgan fingerprint density at radius 3 is 1.52 bits per heavy atom. The van der Waals surface area contributed by atoms with E-state index in [9.17, 15) is 19.2 Å². The fraction of sp³-hybridized carbons (Fsp3) is 0.464. The minimum absolute atomic E-state index is 0.127. The van der Waals surface area contributed by atoms with E-state index in [0.29, 0.717) is 118 Å². The van der Waals surface area contributed by atoms with Crippen LogP contribution in [0, 0.1) is 0 Å². The maximum atomic E-state index is 11.8. The molecule has 0 aliphatic carbocycles. The van der Waals surface area contributed by atoms with Crippen molar-refractivity contribution in [1.82, 2.24) is 80.1 Å². The van der Waals surface area contributed by atoms with Crippen LogP contribution in [0.2, 0.25) is 5.28 Å². The van der Waals surface area contributed by atoms with Gasteiger partial charge in [-0.25, -0.2) is 19.6 Å². The number of amides is 2. The first-order valence-corrected chi connectivity index (χ1v) is 28.2. The summed E-state index contributed by atoms with van der Waals surface area (Å²) in [5, 5.41) is 33.9. The zero-order valence-corrected chi connectivity index (χ0v) is 50.0. The summed E-state index contributed by atoms with van der Waals surface area (Å²) in [7, 11) is 0. The number of anilines is 3. The fourth-order valence-corrected chi connectivity index (χ4v) is 7.55. The summed E-state index contributed by atoms with van der Waals surface area (Å²) in [6.45, 7) is 18.7. The molecule has 0 aliphatic rings. The van der Waals surface area contributed by atoms with Gasteiger partial charge in [-0.05, 0) is 154 Å². The van der Waals surface area contributed by atoms with Gasteiger partial charge in [0.25, 0.3) is 0 Å². The molecule has 28 nitrogen and oxygen atoms in total. The van der Waals surface area contributed by atoms with Gasteiger partial charge in [0.1, 0.15) is 34.1 Å². The van der Waals surface area contributed by atoms with Crippen LogP contribution in [0.3, 0.4) is 0 Å². The zero-order valence-electron chi connectivity index (χ0n) is 49.2. The number of unbranched alkanes of at least 4 members (excludes halogenated alkanes) is 2. The molecule has 6 aromatic heterocycles. The van der Waals surface area contributed by atoms with Crippen molar-refractivity contribution in [2.24, 2.45) is 0 Å². The van der Waals surface area contributed by atoms with Crippen LogP contribution in [-0.4, -0.2) is 144 Å². The number of hydrogen-bond donors (Lipinski definition) is 4. The molecule has 0 fully saturated rings. The summed E-state index contributed by atoms with van der Waals surface area (Å²) in [5.74, 6) is 1.60. The molecule has 2 amide bonds. The summed E-state index contributed by atoms with van der Waals surface area (Å²) in [6, 6.07) is 14.7. The molecule has 0 saturated heterocycles. The number of carbonyl (C=O) groups is 4. The standard InChI is InChI=1S/C28H37N9O5.C15H19ClN8O2.C13H19NO3/c1-5-40-24(38)9-6-7-16-41-22-12-10-20(11-13-22)32-26-30-18-23-25(33-26)37(35-34-23)21-17-31-36(19-21)15-8-14-29-27(39)42-28(2,3)4;1-15(2,3)26-14(25)17-5-4-6-23-9-10(7-19-23)24-12-11(21-22-24)8-18-13(16)20-12;1-2-16-13(15)5-3-4-10-17-12-8-6-11(14)7-9-12/h10-13,17-19H,5-9,14-16H2,1-4H3,(H,29,39)(H,30,32,33);7-9H,4-6H2,1-3H3,(H,17,25);6-9H,2-5,10,14H2,1H3. The van der Waals surface area contributed by atoms with Crippen molar-refractivity contribution in [3.05, 3.63) is 91.0 Å². The van der Waals surface area contributed by atoms with Crippen molar-refractivity contribution in [3.63, 3.8) is 0 Å². The molecule has 0 unspecified atom stereocenters. The minimum atomic E-state index is -0.533. The normalized spacial score (nSPS) is 11.2. The molecule has 0 atom stereocenters. The summed E-state index contributed by atoms with van der Waals surface area (Å²) in [5.41, 5.74) is 9.57. The number of fused-ring (bicyclic) bond motifs is 2. The van der Waals surface area contributed by atoms with E-state index >= 15 is 0 Å². The summed E-state index contributed by atoms with van der Waals surface area (Å²) >= 11 is 5.83. The summed E-state index contributed by atoms with van der Waals surface area (Å²) in [6.07, 6.45) is 14.6. The Bertz CT molecular complexity index is 3350. The van der Waals surface area contributed by atoms with Crippen LogP contribution in [0.15, 0.2) is 85.7 Å². The van der Waals surface area contributed by atoms with Gasteiger partial charge in [0.2, 0.25) is 11.2 Å². The van der Waals surface area contributed by atoms with Gasteiger partial charge in [-0.1, -0.05) is 10.4 Å². The van der Waals surface area contributed by atoms with Crippen molar-refractivity contribution in [3.8, 4) is 22.9 Å². The maximum Gasteiger partial charge on any atom is 0.407 e. The smallest absolute Gasteiger partial charge is 0.407 e. The highest BCUT2D eigenvalue weighted by molar-refractivity contribution is 6.28. The average Bonchev–Trinajstić information content (AvgIpc) is 4.43. The molecular formula is C56H75ClN18O10. The second-order valence-electron chi connectivity index (χ2n) is 20.7. The topological polar surface area (TPSA) is 334 Å². The number of aryl methyl sites for hydroxylation is 2. The van der Waals surface area contributed by atoms with E-state index in [0.717, 1.165) is 48.6 Å². The number of aromatic nitrogens is 14. The molecule has 8 rings (SSSR count).